The van der Waals surface area contributed by atoms with Crippen molar-refractivity contribution in [3.63, 3.8) is 0 Å². The molecule has 0 bridgehead atoms. The number of hydrogen-bond acceptors (Lipinski definition) is 3. The molecule has 2 aliphatic carbocycles. The molecule has 7 heteroatoms. The van der Waals surface area contributed by atoms with Crippen molar-refractivity contribution in [2.75, 3.05) is 0 Å². The molecule has 0 spiro atoms. The van der Waals surface area contributed by atoms with E-state index in [4.69, 9.17) is 4.74 Å². The summed E-state index contributed by atoms with van der Waals surface area (Å²) in [6, 6.07) is -0.507. The van der Waals surface area contributed by atoms with Crippen LogP contribution in [0, 0.1) is 5.92 Å². The highest BCUT2D eigenvalue weighted by Gasteiger charge is 2.46. The maximum absolute atomic E-state index is 13.2. The Morgan fingerprint density at radius 1 is 1.00 bits per heavy atom. The van der Waals surface area contributed by atoms with Gasteiger partial charge in [0.25, 0.3) is 0 Å². The minimum absolute atomic E-state index is 0.0258. The molecule has 4 unspecified atom stereocenters. The van der Waals surface area contributed by atoms with E-state index in [0.29, 0.717) is 19.3 Å². The van der Waals surface area contributed by atoms with E-state index in [2.05, 4.69) is 10.6 Å². The van der Waals surface area contributed by atoms with Gasteiger partial charge < -0.3 is 15.4 Å². The number of rotatable bonds is 3. The molecule has 24 heavy (non-hydrogen) atoms. The lowest BCUT2D eigenvalue weighted by Crippen LogP contribution is -2.49. The van der Waals surface area contributed by atoms with Gasteiger partial charge in [-0.15, -0.1) is 0 Å². The van der Waals surface area contributed by atoms with Gasteiger partial charge in [-0.2, -0.15) is 13.2 Å². The molecule has 4 nitrogen and oxygen atoms in total. The van der Waals surface area contributed by atoms with E-state index in [9.17, 15) is 18.0 Å². The predicted octanol–water partition coefficient (Wildman–Crippen LogP) is 4.14. The van der Waals surface area contributed by atoms with Crippen LogP contribution in [0.5, 0.6) is 0 Å². The van der Waals surface area contributed by atoms with Crippen LogP contribution >= 0.6 is 0 Å². The van der Waals surface area contributed by atoms with Gasteiger partial charge in [0.2, 0.25) is 0 Å². The predicted molar refractivity (Wildman–Crippen MR) is 85.7 cm³/mol. The van der Waals surface area contributed by atoms with Crippen LogP contribution in [0.15, 0.2) is 0 Å². The summed E-state index contributed by atoms with van der Waals surface area (Å²) in [5.41, 5.74) is -0.553. The number of alkyl carbamates (subject to hydrolysis) is 1. The fraction of sp³-hybridized carbons (Fsp3) is 0.941. The summed E-state index contributed by atoms with van der Waals surface area (Å²) in [5, 5.41) is 6.03. The van der Waals surface area contributed by atoms with Crippen molar-refractivity contribution in [3.05, 3.63) is 0 Å². The van der Waals surface area contributed by atoms with Crippen LogP contribution in [-0.4, -0.2) is 36.0 Å². The zero-order chi connectivity index (χ0) is 18.0. The standard InChI is InChI=1S/C17H29F3N2O2/c1-16(2,3)24-15(23)22-12-9-8-11(10-12)21-14-7-5-4-6-13(14)17(18,19)20/h11-14,21H,4-10H2,1-3H3,(H,22,23). The quantitative estimate of drug-likeness (QED) is 0.804. The van der Waals surface area contributed by atoms with Crippen LogP contribution in [0.2, 0.25) is 0 Å². The van der Waals surface area contributed by atoms with E-state index in [-0.39, 0.29) is 18.5 Å². The number of amides is 1. The molecule has 2 aliphatic rings. The van der Waals surface area contributed by atoms with Crippen molar-refractivity contribution in [2.24, 2.45) is 5.92 Å². The first-order valence-electron chi connectivity index (χ1n) is 8.87. The minimum Gasteiger partial charge on any atom is -0.444 e. The Morgan fingerprint density at radius 2 is 1.62 bits per heavy atom. The Labute approximate surface area is 141 Å². The molecule has 2 rings (SSSR count). The maximum atomic E-state index is 13.2. The molecule has 2 saturated carbocycles. The molecule has 0 radical (unpaired) electrons. The lowest BCUT2D eigenvalue weighted by Gasteiger charge is -2.35. The third-order valence-corrected chi connectivity index (χ3v) is 4.79. The summed E-state index contributed by atoms with van der Waals surface area (Å²) < 4.78 is 44.7. The number of carbonyl (C=O) groups excluding carboxylic acids is 1. The van der Waals surface area contributed by atoms with Crippen molar-refractivity contribution in [2.45, 2.75) is 95.6 Å². The Bertz CT molecular complexity index is 435. The topological polar surface area (TPSA) is 50.4 Å². The summed E-state index contributed by atoms with van der Waals surface area (Å²) in [5.74, 6) is -1.25. The Morgan fingerprint density at radius 3 is 2.25 bits per heavy atom. The third-order valence-electron chi connectivity index (χ3n) is 4.79. The lowest BCUT2D eigenvalue weighted by atomic mass is 9.83. The van der Waals surface area contributed by atoms with Crippen LogP contribution in [0.25, 0.3) is 0 Å². The lowest BCUT2D eigenvalue weighted by molar-refractivity contribution is -0.189. The first-order chi connectivity index (χ1) is 11.0. The molecule has 0 aromatic heterocycles. The van der Waals surface area contributed by atoms with Crippen molar-refractivity contribution in [1.82, 2.24) is 10.6 Å². The van der Waals surface area contributed by atoms with E-state index < -0.39 is 29.8 Å². The molecule has 0 saturated heterocycles. The van der Waals surface area contributed by atoms with Crippen LogP contribution in [0.1, 0.15) is 65.7 Å². The second-order valence-corrected chi connectivity index (χ2v) is 8.06. The van der Waals surface area contributed by atoms with E-state index in [1.54, 1.807) is 20.8 Å². The summed E-state index contributed by atoms with van der Waals surface area (Å²) >= 11 is 0. The molecular weight excluding hydrogens is 321 g/mol. The molecule has 0 aliphatic heterocycles. The number of halogens is 3. The number of alkyl halides is 3. The van der Waals surface area contributed by atoms with Gasteiger partial charge in [-0.1, -0.05) is 12.8 Å². The monoisotopic (exact) mass is 350 g/mol. The van der Waals surface area contributed by atoms with Crippen molar-refractivity contribution in [1.29, 1.82) is 0 Å². The highest BCUT2D eigenvalue weighted by atomic mass is 19.4. The summed E-state index contributed by atoms with van der Waals surface area (Å²) in [6.45, 7) is 5.39. The van der Waals surface area contributed by atoms with Gasteiger partial charge in [-0.25, -0.2) is 4.79 Å². The van der Waals surface area contributed by atoms with E-state index in [1.807, 2.05) is 0 Å². The maximum Gasteiger partial charge on any atom is 0.407 e. The van der Waals surface area contributed by atoms with Crippen LogP contribution in [0.4, 0.5) is 18.0 Å². The number of nitrogens with one attached hydrogen (secondary N) is 2. The average molecular weight is 350 g/mol. The Balaban J connectivity index is 1.81. The van der Waals surface area contributed by atoms with Gasteiger partial charge in [0.05, 0.1) is 5.92 Å². The second-order valence-electron chi connectivity index (χ2n) is 8.06. The van der Waals surface area contributed by atoms with Crippen LogP contribution in [-0.2, 0) is 4.74 Å². The van der Waals surface area contributed by atoms with E-state index >= 15 is 0 Å². The zero-order valence-corrected chi connectivity index (χ0v) is 14.7. The summed E-state index contributed by atoms with van der Waals surface area (Å²) in [6.07, 6.45) is -0.114. The van der Waals surface area contributed by atoms with Gasteiger partial charge in [-0.05, 0) is 52.9 Å². The number of carbonyl (C=O) groups is 1. The molecule has 0 aromatic carbocycles. The van der Waals surface area contributed by atoms with Gasteiger partial charge in [0.15, 0.2) is 0 Å². The SMILES string of the molecule is CC(C)(C)OC(=O)NC1CCC(NC2CCCCC2C(F)(F)F)C1. The normalized spacial score (nSPS) is 31.8. The zero-order valence-electron chi connectivity index (χ0n) is 14.7. The highest BCUT2D eigenvalue weighted by Crippen LogP contribution is 2.38. The fourth-order valence-electron chi connectivity index (χ4n) is 3.76. The fourth-order valence-corrected chi connectivity index (χ4v) is 3.76. The molecular formula is C17H29F3N2O2. The molecule has 0 aromatic rings. The first kappa shape index (κ1) is 19.3. The van der Waals surface area contributed by atoms with Crippen LogP contribution < -0.4 is 10.6 Å². The first-order valence-corrected chi connectivity index (χ1v) is 8.87. The van der Waals surface area contributed by atoms with Crippen molar-refractivity contribution >= 4 is 6.09 Å². The largest absolute Gasteiger partial charge is 0.444 e. The smallest absolute Gasteiger partial charge is 0.407 e. The van der Waals surface area contributed by atoms with Gasteiger partial charge in [0.1, 0.15) is 5.60 Å². The molecule has 0 heterocycles. The van der Waals surface area contributed by atoms with E-state index in [0.717, 1.165) is 19.3 Å². The van der Waals surface area contributed by atoms with Gasteiger partial charge >= 0.3 is 12.3 Å². The minimum atomic E-state index is -4.13. The van der Waals surface area contributed by atoms with Crippen molar-refractivity contribution in [3.8, 4) is 0 Å². The van der Waals surface area contributed by atoms with Crippen LogP contribution in [0.3, 0.4) is 0 Å². The molecule has 1 amide bonds. The molecule has 4 atom stereocenters. The summed E-state index contributed by atoms with van der Waals surface area (Å²) in [4.78, 5) is 11.8. The molecule has 140 valence electrons. The number of hydrogen-bond donors (Lipinski definition) is 2. The summed E-state index contributed by atoms with van der Waals surface area (Å²) in [7, 11) is 0. The Hall–Kier alpha value is -0.980. The average Bonchev–Trinajstić information content (AvgIpc) is 2.83. The van der Waals surface area contributed by atoms with E-state index in [1.165, 1.54) is 0 Å². The molecule has 2 N–H and O–H groups in total. The second kappa shape index (κ2) is 7.50. The Kier molecular flexibility index (Phi) is 6.04. The highest BCUT2D eigenvalue weighted by molar-refractivity contribution is 5.68. The third kappa shape index (κ3) is 5.83. The molecule has 2 fully saturated rings. The van der Waals surface area contributed by atoms with Gasteiger partial charge in [0, 0.05) is 18.1 Å². The van der Waals surface area contributed by atoms with Gasteiger partial charge in [-0.3, -0.25) is 0 Å². The number of ether oxygens (including phenoxy) is 1. The van der Waals surface area contributed by atoms with Crippen molar-refractivity contribution < 1.29 is 22.7 Å².